The molecule has 1 aliphatic carbocycles. The van der Waals surface area contributed by atoms with E-state index < -0.39 is 58.6 Å². The van der Waals surface area contributed by atoms with Crippen molar-refractivity contribution < 1.29 is 36.6 Å². The highest BCUT2D eigenvalue weighted by molar-refractivity contribution is 6.05. The lowest BCUT2D eigenvalue weighted by Crippen LogP contribution is -2.48. The van der Waals surface area contributed by atoms with Gasteiger partial charge >= 0.3 is 17.8 Å². The molecule has 0 atom stereocenters. The van der Waals surface area contributed by atoms with Gasteiger partial charge in [-0.3, -0.25) is 23.9 Å². The highest BCUT2D eigenvalue weighted by atomic mass is 19.4. The van der Waals surface area contributed by atoms with Gasteiger partial charge in [0.25, 0.3) is 11.5 Å². The Morgan fingerprint density at radius 2 is 1.88 bits per heavy atom. The van der Waals surface area contributed by atoms with Gasteiger partial charge in [-0.15, -0.1) is 6.42 Å². The number of anilines is 1. The molecule has 1 spiro atoms. The molecule has 34 heavy (non-hydrogen) atoms. The Labute approximate surface area is 188 Å². The van der Waals surface area contributed by atoms with E-state index in [4.69, 9.17) is 11.2 Å². The zero-order valence-electron chi connectivity index (χ0n) is 17.4. The van der Waals surface area contributed by atoms with E-state index >= 15 is 4.39 Å². The Balaban J connectivity index is 1.96. The molecule has 9 nitrogen and oxygen atoms in total. The molecule has 2 heterocycles. The molecule has 1 amide bonds. The van der Waals surface area contributed by atoms with Crippen LogP contribution in [-0.2, 0) is 27.0 Å². The second-order valence-corrected chi connectivity index (χ2v) is 7.61. The largest absolute Gasteiger partial charge is 0.475 e. The number of methoxy groups -OCH3 is 1. The topological polar surface area (TPSA) is 99.8 Å². The fourth-order valence-electron chi connectivity index (χ4n) is 3.66. The van der Waals surface area contributed by atoms with Crippen LogP contribution in [0.1, 0.15) is 18.5 Å². The van der Waals surface area contributed by atoms with Crippen molar-refractivity contribution in [2.45, 2.75) is 31.2 Å². The standard InChI is InChI=1S/C21H15F4N3O6/c1-3-6-26-13-8-12(11(22)7-14(13)34-20(4-5-20)18(26)31)28-16(29)9-15(21(23,24)25)27(19(28)32)10-17(30)33-2/h1,7-9H,4-6,10H2,2H3. The number of carbonyl (C=O) groups excluding carboxylic acids is 2. The Bertz CT molecular complexity index is 1380. The van der Waals surface area contributed by atoms with Gasteiger partial charge in [0.2, 0.25) is 0 Å². The van der Waals surface area contributed by atoms with Gasteiger partial charge in [-0.05, 0) is 6.07 Å². The molecule has 0 radical (unpaired) electrons. The third-order valence-corrected chi connectivity index (χ3v) is 5.45. The van der Waals surface area contributed by atoms with Crippen LogP contribution in [0.5, 0.6) is 5.75 Å². The number of esters is 1. The summed E-state index contributed by atoms with van der Waals surface area (Å²) >= 11 is 0. The van der Waals surface area contributed by atoms with Crippen LogP contribution in [0.2, 0.25) is 0 Å². The third kappa shape index (κ3) is 3.60. The number of carbonyl (C=O) groups is 2. The molecule has 0 saturated heterocycles. The van der Waals surface area contributed by atoms with Gasteiger partial charge in [0, 0.05) is 25.0 Å². The number of fused-ring (bicyclic) bond motifs is 1. The number of hydrogen-bond donors (Lipinski definition) is 0. The smallest absolute Gasteiger partial charge is 0.431 e. The van der Waals surface area contributed by atoms with Crippen molar-refractivity contribution in [3.8, 4) is 23.8 Å². The van der Waals surface area contributed by atoms with E-state index in [2.05, 4.69) is 10.7 Å². The van der Waals surface area contributed by atoms with Gasteiger partial charge in [0.05, 0.1) is 25.0 Å². The van der Waals surface area contributed by atoms with E-state index in [1.807, 2.05) is 0 Å². The molecule has 1 aliphatic heterocycles. The summed E-state index contributed by atoms with van der Waals surface area (Å²) in [5.41, 5.74) is -6.87. The Kier molecular flexibility index (Phi) is 5.27. The number of benzene rings is 1. The predicted octanol–water partition coefficient (Wildman–Crippen LogP) is 1.22. The summed E-state index contributed by atoms with van der Waals surface area (Å²) in [6.45, 7) is -1.43. The van der Waals surface area contributed by atoms with Crippen molar-refractivity contribution in [2.75, 3.05) is 18.6 Å². The molecule has 0 unspecified atom stereocenters. The summed E-state index contributed by atoms with van der Waals surface area (Å²) in [7, 11) is 0.892. The minimum absolute atomic E-state index is 0.0494. The Morgan fingerprint density at radius 3 is 2.44 bits per heavy atom. The van der Waals surface area contributed by atoms with Crippen LogP contribution in [0.3, 0.4) is 0 Å². The number of rotatable bonds is 4. The van der Waals surface area contributed by atoms with Gasteiger partial charge < -0.3 is 9.47 Å². The van der Waals surface area contributed by atoms with Gasteiger partial charge in [0.15, 0.2) is 11.4 Å². The highest BCUT2D eigenvalue weighted by Gasteiger charge is 2.58. The second-order valence-electron chi connectivity index (χ2n) is 7.61. The number of amides is 1. The van der Waals surface area contributed by atoms with Crippen LogP contribution in [-0.4, -0.2) is 40.3 Å². The van der Waals surface area contributed by atoms with E-state index in [-0.39, 0.29) is 33.2 Å². The maximum atomic E-state index is 15.1. The normalized spacial score (nSPS) is 16.0. The minimum Gasteiger partial charge on any atom is -0.475 e. The first-order valence-corrected chi connectivity index (χ1v) is 9.73. The summed E-state index contributed by atoms with van der Waals surface area (Å²) in [5.74, 6) is -0.702. The van der Waals surface area contributed by atoms with Crippen LogP contribution in [0, 0.1) is 18.2 Å². The summed E-state index contributed by atoms with van der Waals surface area (Å²) in [5, 5.41) is 0. The average molecular weight is 481 g/mol. The highest BCUT2D eigenvalue weighted by Crippen LogP contribution is 2.49. The molecule has 4 rings (SSSR count). The van der Waals surface area contributed by atoms with Gasteiger partial charge in [-0.25, -0.2) is 13.8 Å². The first kappa shape index (κ1) is 23.1. The number of nitrogens with zero attached hydrogens (tertiary/aromatic N) is 3. The molecule has 2 aromatic rings. The molecule has 0 bridgehead atoms. The van der Waals surface area contributed by atoms with Crippen molar-refractivity contribution in [3.05, 3.63) is 50.5 Å². The third-order valence-electron chi connectivity index (χ3n) is 5.45. The van der Waals surface area contributed by atoms with E-state index in [0.717, 1.165) is 24.1 Å². The van der Waals surface area contributed by atoms with E-state index in [0.29, 0.717) is 12.8 Å². The summed E-state index contributed by atoms with van der Waals surface area (Å²) in [6.07, 6.45) is 0.918. The second kappa shape index (κ2) is 7.75. The average Bonchev–Trinajstić information content (AvgIpc) is 3.53. The summed E-state index contributed by atoms with van der Waals surface area (Å²) in [4.78, 5) is 51.0. The molecular weight excluding hydrogens is 466 g/mol. The van der Waals surface area contributed by atoms with Crippen molar-refractivity contribution in [1.82, 2.24) is 9.13 Å². The fourth-order valence-corrected chi connectivity index (χ4v) is 3.66. The molecule has 1 fully saturated rings. The first-order valence-electron chi connectivity index (χ1n) is 9.73. The van der Waals surface area contributed by atoms with Crippen LogP contribution in [0.15, 0.2) is 27.8 Å². The number of aromatic nitrogens is 2. The summed E-state index contributed by atoms with van der Waals surface area (Å²) in [6, 6.07) is 1.78. The predicted molar refractivity (Wildman–Crippen MR) is 107 cm³/mol. The van der Waals surface area contributed by atoms with Crippen molar-refractivity contribution in [2.24, 2.45) is 0 Å². The number of hydrogen-bond acceptors (Lipinski definition) is 6. The van der Waals surface area contributed by atoms with Crippen molar-refractivity contribution >= 4 is 17.6 Å². The van der Waals surface area contributed by atoms with Crippen LogP contribution in [0.4, 0.5) is 23.2 Å². The zero-order valence-corrected chi connectivity index (χ0v) is 17.4. The van der Waals surface area contributed by atoms with E-state index in [1.165, 1.54) is 0 Å². The SMILES string of the molecule is C#CCN1C(=O)C2(CC2)Oc2cc(F)c(-n3c(=O)cc(C(F)(F)F)n(CC(=O)OC)c3=O)cc21. The number of alkyl halides is 3. The van der Waals surface area contributed by atoms with E-state index in [1.54, 1.807) is 0 Å². The Morgan fingerprint density at radius 1 is 1.21 bits per heavy atom. The first-order chi connectivity index (χ1) is 15.9. The number of halogens is 4. The number of terminal acetylenes is 1. The van der Waals surface area contributed by atoms with E-state index in [9.17, 15) is 32.3 Å². The number of ether oxygens (including phenoxy) is 2. The van der Waals surface area contributed by atoms with Crippen LogP contribution in [0.25, 0.3) is 5.69 Å². The molecule has 1 aromatic heterocycles. The molecule has 1 aromatic carbocycles. The lowest BCUT2D eigenvalue weighted by molar-refractivity contribution is -0.148. The summed E-state index contributed by atoms with van der Waals surface area (Å²) < 4.78 is 65.4. The quantitative estimate of drug-likeness (QED) is 0.370. The van der Waals surface area contributed by atoms with Gasteiger partial charge in [-0.2, -0.15) is 13.2 Å². The molecule has 13 heteroatoms. The molecule has 2 aliphatic rings. The lowest BCUT2D eigenvalue weighted by Gasteiger charge is -2.34. The zero-order chi connectivity index (χ0) is 25.0. The maximum Gasteiger partial charge on any atom is 0.431 e. The minimum atomic E-state index is -5.18. The van der Waals surface area contributed by atoms with Crippen molar-refractivity contribution in [1.29, 1.82) is 0 Å². The fraction of sp³-hybridized carbons (Fsp3) is 0.333. The lowest BCUT2D eigenvalue weighted by atomic mass is 10.1. The van der Waals surface area contributed by atoms with Crippen LogP contribution < -0.4 is 20.9 Å². The van der Waals surface area contributed by atoms with Crippen molar-refractivity contribution in [3.63, 3.8) is 0 Å². The van der Waals surface area contributed by atoms with Gasteiger partial charge in [-0.1, -0.05) is 5.92 Å². The monoisotopic (exact) mass is 481 g/mol. The Hall–Kier alpha value is -4.08. The van der Waals surface area contributed by atoms with Crippen LogP contribution >= 0.6 is 0 Å². The molecular formula is C21H15F4N3O6. The maximum absolute atomic E-state index is 15.1. The molecule has 1 saturated carbocycles. The molecule has 0 N–H and O–H groups in total. The van der Waals surface area contributed by atoms with Gasteiger partial charge in [0.1, 0.15) is 18.0 Å². The molecule has 178 valence electrons.